The number of para-hydroxylation sites is 1. The molecule has 1 aliphatic heterocycles. The van der Waals surface area contributed by atoms with E-state index in [2.05, 4.69) is 26.2 Å². The summed E-state index contributed by atoms with van der Waals surface area (Å²) in [5.74, 6) is 0.715. The Bertz CT molecular complexity index is 1850. The van der Waals surface area contributed by atoms with Crippen LogP contribution in [0.5, 0.6) is 17.2 Å². The van der Waals surface area contributed by atoms with E-state index in [0.29, 0.717) is 52.5 Å². The van der Waals surface area contributed by atoms with E-state index in [4.69, 9.17) is 9.47 Å². The Morgan fingerprint density at radius 2 is 1.90 bits per heavy atom. The van der Waals surface area contributed by atoms with E-state index in [9.17, 15) is 14.7 Å². The third-order valence-corrected chi connectivity index (χ3v) is 8.64. The van der Waals surface area contributed by atoms with E-state index in [1.54, 1.807) is 62.6 Å². The first kappa shape index (κ1) is 28.1. The Labute approximate surface area is 255 Å². The molecule has 5 rings (SSSR count). The van der Waals surface area contributed by atoms with Crippen LogP contribution in [0.1, 0.15) is 24.1 Å². The van der Waals surface area contributed by atoms with Crippen molar-refractivity contribution in [2.24, 2.45) is 4.99 Å². The molecule has 4 aromatic rings. The van der Waals surface area contributed by atoms with E-state index in [0.717, 1.165) is 4.47 Å². The van der Waals surface area contributed by atoms with Gasteiger partial charge in [0.1, 0.15) is 23.3 Å². The van der Waals surface area contributed by atoms with Gasteiger partial charge in [0.25, 0.3) is 11.5 Å². The van der Waals surface area contributed by atoms with E-state index in [1.165, 1.54) is 23.0 Å². The maximum atomic E-state index is 14.0. The lowest BCUT2D eigenvalue weighted by Crippen LogP contribution is -2.40. The minimum Gasteiger partial charge on any atom is -0.506 e. The van der Waals surface area contributed by atoms with Gasteiger partial charge in [-0.2, -0.15) is 0 Å². The molecule has 0 fully saturated rings. The minimum absolute atomic E-state index is 0.0714. The molecule has 2 heterocycles. The third-order valence-electron chi connectivity index (χ3n) is 6.38. The van der Waals surface area contributed by atoms with Crippen LogP contribution in [0.4, 0.5) is 5.69 Å². The molecule has 0 bridgehead atoms. The first-order valence-electron chi connectivity index (χ1n) is 12.0. The van der Waals surface area contributed by atoms with Gasteiger partial charge in [-0.3, -0.25) is 14.2 Å². The number of benzene rings is 3. The zero-order valence-electron chi connectivity index (χ0n) is 21.6. The number of phenolic OH excluding ortho intramolecular Hbond substituents is 1. The Balaban J connectivity index is 1.74. The smallest absolute Gasteiger partial charge is 0.271 e. The van der Waals surface area contributed by atoms with Crippen molar-refractivity contribution in [3.05, 3.63) is 111 Å². The Hall–Kier alpha value is -3.42. The summed E-state index contributed by atoms with van der Waals surface area (Å²) in [5, 5.41) is 13.6. The lowest BCUT2D eigenvalue weighted by molar-refractivity contribution is -0.113. The number of fused-ring (bicyclic) bond motifs is 1. The molecular formula is C29H23BrIN3O5S. The molecule has 1 atom stereocenters. The molecule has 0 aliphatic carbocycles. The standard InChI is InChI=1S/C29H23BrIN3O5S/c1-15-24(27(36)33-18-7-5-4-6-8-18)25(20-10-9-19(38-2)14-22(20)39-3)34-28(37)23(40-29(34)32-15)12-16-11-17(30)13-21(31)26(16)35/h4-14,25,35H,1-3H3,(H,33,36)/b23-12+/t25-/m0/s1. The molecule has 2 N–H and O–H groups in total. The molecule has 1 aromatic heterocycles. The first-order chi connectivity index (χ1) is 19.2. The van der Waals surface area contributed by atoms with Crippen LogP contribution < -0.4 is 29.7 Å². The zero-order chi connectivity index (χ0) is 28.6. The molecule has 1 aliphatic rings. The number of nitrogens with zero attached hydrogens (tertiary/aromatic N) is 2. The quantitative estimate of drug-likeness (QED) is 0.273. The highest BCUT2D eigenvalue weighted by atomic mass is 127. The van der Waals surface area contributed by atoms with Crippen molar-refractivity contribution in [3.63, 3.8) is 0 Å². The summed E-state index contributed by atoms with van der Waals surface area (Å²) in [6, 6.07) is 17.1. The van der Waals surface area contributed by atoms with Crippen LogP contribution in [0.2, 0.25) is 0 Å². The summed E-state index contributed by atoms with van der Waals surface area (Å²) in [5.41, 5.74) is 2.14. The minimum atomic E-state index is -0.834. The summed E-state index contributed by atoms with van der Waals surface area (Å²) < 4.78 is 14.4. The van der Waals surface area contributed by atoms with Gasteiger partial charge in [-0.1, -0.05) is 45.5 Å². The van der Waals surface area contributed by atoms with Gasteiger partial charge in [0.05, 0.1) is 33.6 Å². The van der Waals surface area contributed by atoms with Crippen molar-refractivity contribution >= 4 is 67.5 Å². The van der Waals surface area contributed by atoms with Crippen LogP contribution in [0.3, 0.4) is 0 Å². The largest absolute Gasteiger partial charge is 0.506 e. The molecule has 3 aromatic carbocycles. The van der Waals surface area contributed by atoms with Gasteiger partial charge in [0.15, 0.2) is 4.80 Å². The molecule has 0 radical (unpaired) electrons. The van der Waals surface area contributed by atoms with Crippen molar-refractivity contribution in [2.75, 3.05) is 19.5 Å². The van der Waals surface area contributed by atoms with Gasteiger partial charge >= 0.3 is 0 Å². The van der Waals surface area contributed by atoms with Crippen molar-refractivity contribution in [1.82, 2.24) is 4.57 Å². The van der Waals surface area contributed by atoms with Crippen molar-refractivity contribution in [1.29, 1.82) is 0 Å². The number of hydrogen-bond donors (Lipinski definition) is 2. The fourth-order valence-electron chi connectivity index (χ4n) is 4.51. The second-order valence-corrected chi connectivity index (χ2v) is 11.9. The Morgan fingerprint density at radius 3 is 2.60 bits per heavy atom. The third kappa shape index (κ3) is 5.32. The number of thiazole rings is 1. The summed E-state index contributed by atoms with van der Waals surface area (Å²) in [6.07, 6.45) is 1.64. The van der Waals surface area contributed by atoms with Crippen LogP contribution in [0.25, 0.3) is 6.08 Å². The van der Waals surface area contributed by atoms with E-state index >= 15 is 0 Å². The fraction of sp³-hybridized carbons (Fsp3) is 0.138. The summed E-state index contributed by atoms with van der Waals surface area (Å²) in [7, 11) is 3.08. The highest BCUT2D eigenvalue weighted by molar-refractivity contribution is 14.1. The number of methoxy groups -OCH3 is 2. The number of rotatable bonds is 6. The summed E-state index contributed by atoms with van der Waals surface area (Å²) in [4.78, 5) is 32.9. The average Bonchev–Trinajstić information content (AvgIpc) is 3.24. The number of phenols is 1. The molecule has 204 valence electrons. The van der Waals surface area contributed by atoms with Crippen LogP contribution in [-0.4, -0.2) is 29.8 Å². The number of aromatic hydroxyl groups is 1. The molecule has 1 amide bonds. The van der Waals surface area contributed by atoms with Crippen LogP contribution in [0.15, 0.2) is 86.2 Å². The van der Waals surface area contributed by atoms with Crippen molar-refractivity contribution < 1.29 is 19.4 Å². The van der Waals surface area contributed by atoms with E-state index in [1.807, 2.05) is 40.8 Å². The Kier molecular flexibility index (Phi) is 8.15. The number of amides is 1. The predicted molar refractivity (Wildman–Crippen MR) is 167 cm³/mol. The van der Waals surface area contributed by atoms with Gasteiger partial charge in [-0.25, -0.2) is 4.99 Å². The molecule has 0 saturated carbocycles. The van der Waals surface area contributed by atoms with Crippen LogP contribution in [0, 0.1) is 3.57 Å². The number of anilines is 1. The fourth-order valence-corrected chi connectivity index (χ4v) is 7.10. The van der Waals surface area contributed by atoms with Gasteiger partial charge in [-0.15, -0.1) is 0 Å². The first-order valence-corrected chi connectivity index (χ1v) is 14.7. The lowest BCUT2D eigenvalue weighted by atomic mass is 9.94. The average molecular weight is 732 g/mol. The Morgan fingerprint density at radius 1 is 1.15 bits per heavy atom. The molecule has 11 heteroatoms. The van der Waals surface area contributed by atoms with Crippen molar-refractivity contribution in [2.45, 2.75) is 13.0 Å². The SMILES string of the molecule is COc1ccc([C@H]2C(C(=O)Nc3ccccc3)=C(C)N=c3s/c(=C/c4cc(Br)cc(I)c4O)c(=O)n32)c(OC)c1. The van der Waals surface area contributed by atoms with Gasteiger partial charge in [0.2, 0.25) is 0 Å². The highest BCUT2D eigenvalue weighted by Crippen LogP contribution is 2.37. The number of aromatic nitrogens is 1. The summed E-state index contributed by atoms with van der Waals surface area (Å²) >= 11 is 6.67. The molecule has 0 saturated heterocycles. The molecule has 40 heavy (non-hydrogen) atoms. The van der Waals surface area contributed by atoms with Crippen LogP contribution >= 0.6 is 49.9 Å². The van der Waals surface area contributed by atoms with Gasteiger partial charge < -0.3 is 19.9 Å². The predicted octanol–water partition coefficient (Wildman–Crippen LogP) is 4.96. The maximum Gasteiger partial charge on any atom is 0.271 e. The highest BCUT2D eigenvalue weighted by Gasteiger charge is 2.34. The number of carbonyl (C=O) groups excluding carboxylic acids is 1. The van der Waals surface area contributed by atoms with Crippen LogP contribution in [-0.2, 0) is 4.79 Å². The van der Waals surface area contributed by atoms with Crippen molar-refractivity contribution in [3.8, 4) is 17.2 Å². The number of carbonyl (C=O) groups is 1. The number of allylic oxidation sites excluding steroid dienone is 1. The zero-order valence-corrected chi connectivity index (χ0v) is 26.1. The topological polar surface area (TPSA) is 102 Å². The van der Waals surface area contributed by atoms with Gasteiger partial charge in [0, 0.05) is 27.4 Å². The molecule has 0 spiro atoms. The molecule has 0 unspecified atom stereocenters. The monoisotopic (exact) mass is 731 g/mol. The molecule has 8 nitrogen and oxygen atoms in total. The number of nitrogens with one attached hydrogen (secondary N) is 1. The maximum absolute atomic E-state index is 14.0. The second-order valence-electron chi connectivity index (χ2n) is 8.84. The number of halogens is 2. The number of ether oxygens (including phenoxy) is 2. The second kappa shape index (κ2) is 11.6. The van der Waals surface area contributed by atoms with Gasteiger partial charge in [-0.05, 0) is 72.0 Å². The molecular weight excluding hydrogens is 709 g/mol. The number of hydrogen-bond acceptors (Lipinski definition) is 7. The van der Waals surface area contributed by atoms with E-state index in [-0.39, 0.29) is 17.2 Å². The summed E-state index contributed by atoms with van der Waals surface area (Å²) in [6.45, 7) is 1.75. The lowest BCUT2D eigenvalue weighted by Gasteiger charge is -2.26. The van der Waals surface area contributed by atoms with E-state index < -0.39 is 6.04 Å². The normalized spacial score (nSPS) is 14.9.